The summed E-state index contributed by atoms with van der Waals surface area (Å²) in [5.74, 6) is 0.400. The van der Waals surface area contributed by atoms with Crippen LogP contribution in [0.25, 0.3) is 0 Å². The Morgan fingerprint density at radius 2 is 2.00 bits per heavy atom. The number of ketones is 1. The number of unbranched alkanes of at least 4 members (excludes halogenated alkanes) is 1. The van der Waals surface area contributed by atoms with E-state index >= 15 is 0 Å². The van der Waals surface area contributed by atoms with Crippen LogP contribution in [-0.4, -0.2) is 18.0 Å². The van der Waals surface area contributed by atoms with Gasteiger partial charge in [0.15, 0.2) is 0 Å². The molecule has 0 aromatic rings. The zero-order chi connectivity index (χ0) is 9.73. The van der Waals surface area contributed by atoms with E-state index in [2.05, 4.69) is 13.8 Å². The van der Waals surface area contributed by atoms with E-state index in [1.165, 1.54) is 6.42 Å². The van der Waals surface area contributed by atoms with Gasteiger partial charge in [-0.1, -0.05) is 13.3 Å². The van der Waals surface area contributed by atoms with Crippen LogP contribution in [0.4, 0.5) is 0 Å². The molecule has 0 atom stereocenters. The van der Waals surface area contributed by atoms with Crippen LogP contribution in [0.15, 0.2) is 0 Å². The summed E-state index contributed by atoms with van der Waals surface area (Å²) < 4.78 is 5.81. The molecule has 0 radical (unpaired) electrons. The van der Waals surface area contributed by atoms with Gasteiger partial charge >= 0.3 is 0 Å². The Morgan fingerprint density at radius 1 is 1.38 bits per heavy atom. The highest BCUT2D eigenvalue weighted by molar-refractivity contribution is 5.79. The number of Topliss-reactive ketones (excluding diaryl/α,β-unsaturated/α-hetero) is 1. The maximum absolute atomic E-state index is 11.0. The quantitative estimate of drug-likeness (QED) is 0.628. The van der Waals surface area contributed by atoms with E-state index in [0.29, 0.717) is 18.6 Å². The molecule has 1 aliphatic carbocycles. The van der Waals surface area contributed by atoms with Crippen molar-refractivity contribution in [2.45, 2.75) is 58.0 Å². The van der Waals surface area contributed by atoms with Crippen molar-refractivity contribution in [1.29, 1.82) is 0 Å². The fourth-order valence-electron chi connectivity index (χ4n) is 1.66. The highest BCUT2D eigenvalue weighted by Gasteiger charge is 2.30. The smallest absolute Gasteiger partial charge is 0.133 e. The van der Waals surface area contributed by atoms with Gasteiger partial charge in [0.25, 0.3) is 0 Å². The molecule has 0 amide bonds. The molecular formula is C11H20O2. The van der Waals surface area contributed by atoms with Crippen LogP contribution >= 0.6 is 0 Å². The topological polar surface area (TPSA) is 26.3 Å². The Labute approximate surface area is 80.7 Å². The summed E-state index contributed by atoms with van der Waals surface area (Å²) in [5, 5.41) is 0. The highest BCUT2D eigenvalue weighted by Crippen LogP contribution is 2.29. The zero-order valence-electron chi connectivity index (χ0n) is 8.77. The molecule has 0 saturated heterocycles. The highest BCUT2D eigenvalue weighted by atomic mass is 16.5. The summed E-state index contributed by atoms with van der Waals surface area (Å²) in [5.41, 5.74) is -0.0108. The van der Waals surface area contributed by atoms with Crippen molar-refractivity contribution in [3.63, 3.8) is 0 Å². The van der Waals surface area contributed by atoms with Gasteiger partial charge in [-0.25, -0.2) is 0 Å². The lowest BCUT2D eigenvalue weighted by atomic mass is 9.85. The van der Waals surface area contributed by atoms with Crippen LogP contribution in [0.3, 0.4) is 0 Å². The molecule has 0 aromatic carbocycles. The first-order chi connectivity index (χ1) is 6.16. The molecule has 0 heterocycles. The van der Waals surface area contributed by atoms with Crippen LogP contribution in [0.5, 0.6) is 0 Å². The Bertz CT molecular complexity index is 165. The SMILES string of the molecule is CCCCOC1(C)CCC(=O)CC1. The second-order valence-corrected chi connectivity index (χ2v) is 4.19. The number of carbonyl (C=O) groups is 1. The third-order valence-corrected chi connectivity index (χ3v) is 2.81. The molecule has 0 unspecified atom stereocenters. The minimum atomic E-state index is -0.0108. The first-order valence-corrected chi connectivity index (χ1v) is 5.32. The molecule has 0 aliphatic heterocycles. The lowest BCUT2D eigenvalue weighted by Gasteiger charge is -2.33. The van der Waals surface area contributed by atoms with Crippen LogP contribution in [0.2, 0.25) is 0 Å². The molecule has 2 heteroatoms. The number of ether oxygens (including phenoxy) is 1. The van der Waals surface area contributed by atoms with Crippen molar-refractivity contribution in [3.8, 4) is 0 Å². The molecular weight excluding hydrogens is 164 g/mol. The molecule has 2 nitrogen and oxygen atoms in total. The first-order valence-electron chi connectivity index (χ1n) is 5.32. The molecule has 0 spiro atoms. The van der Waals surface area contributed by atoms with Gasteiger partial charge in [0.1, 0.15) is 5.78 Å². The van der Waals surface area contributed by atoms with Crippen LogP contribution in [0, 0.1) is 0 Å². The van der Waals surface area contributed by atoms with E-state index in [0.717, 1.165) is 25.9 Å². The molecule has 13 heavy (non-hydrogen) atoms. The average Bonchev–Trinajstić information content (AvgIpc) is 2.12. The predicted molar refractivity (Wildman–Crippen MR) is 52.7 cm³/mol. The molecule has 76 valence electrons. The van der Waals surface area contributed by atoms with Crippen LogP contribution in [-0.2, 0) is 9.53 Å². The third-order valence-electron chi connectivity index (χ3n) is 2.81. The Kier molecular flexibility index (Phi) is 3.91. The lowest BCUT2D eigenvalue weighted by Crippen LogP contribution is -2.34. The maximum atomic E-state index is 11.0. The molecule has 1 fully saturated rings. The standard InChI is InChI=1S/C11H20O2/c1-3-4-9-13-11(2)7-5-10(12)6-8-11/h3-9H2,1-2H3. The predicted octanol–water partition coefficient (Wildman–Crippen LogP) is 2.70. The second-order valence-electron chi connectivity index (χ2n) is 4.19. The zero-order valence-corrected chi connectivity index (χ0v) is 8.77. The van der Waals surface area contributed by atoms with E-state index in [1.54, 1.807) is 0 Å². The summed E-state index contributed by atoms with van der Waals surface area (Å²) in [6.07, 6.45) is 5.55. The van der Waals surface area contributed by atoms with Crippen molar-refractivity contribution in [3.05, 3.63) is 0 Å². The number of rotatable bonds is 4. The van der Waals surface area contributed by atoms with Crippen molar-refractivity contribution in [2.24, 2.45) is 0 Å². The van der Waals surface area contributed by atoms with Crippen LogP contribution < -0.4 is 0 Å². The van der Waals surface area contributed by atoms with Crippen molar-refractivity contribution < 1.29 is 9.53 Å². The molecule has 1 aliphatic rings. The molecule has 1 saturated carbocycles. The molecule has 0 N–H and O–H groups in total. The lowest BCUT2D eigenvalue weighted by molar-refractivity contribution is -0.128. The van der Waals surface area contributed by atoms with Crippen LogP contribution in [0.1, 0.15) is 52.4 Å². The van der Waals surface area contributed by atoms with Gasteiger partial charge in [0, 0.05) is 19.4 Å². The maximum Gasteiger partial charge on any atom is 0.133 e. The summed E-state index contributed by atoms with van der Waals surface area (Å²) in [6, 6.07) is 0. The van der Waals surface area contributed by atoms with Gasteiger partial charge in [0.05, 0.1) is 5.60 Å². The molecule has 1 rings (SSSR count). The second kappa shape index (κ2) is 4.75. The van der Waals surface area contributed by atoms with E-state index in [9.17, 15) is 4.79 Å². The normalized spacial score (nSPS) is 21.8. The van der Waals surface area contributed by atoms with Gasteiger partial charge in [-0.05, 0) is 26.2 Å². The van der Waals surface area contributed by atoms with Gasteiger partial charge in [-0.15, -0.1) is 0 Å². The average molecular weight is 184 g/mol. The fraction of sp³-hybridized carbons (Fsp3) is 0.909. The van der Waals surface area contributed by atoms with E-state index in [1.807, 2.05) is 0 Å². The van der Waals surface area contributed by atoms with E-state index in [4.69, 9.17) is 4.74 Å². The molecule has 0 aromatic heterocycles. The van der Waals surface area contributed by atoms with Gasteiger partial charge < -0.3 is 4.74 Å². The number of carbonyl (C=O) groups excluding carboxylic acids is 1. The summed E-state index contributed by atoms with van der Waals surface area (Å²) in [6.45, 7) is 5.15. The van der Waals surface area contributed by atoms with Crippen molar-refractivity contribution in [2.75, 3.05) is 6.61 Å². The number of hydrogen-bond acceptors (Lipinski definition) is 2. The monoisotopic (exact) mass is 184 g/mol. The Hall–Kier alpha value is -0.370. The summed E-state index contributed by atoms with van der Waals surface area (Å²) in [7, 11) is 0. The van der Waals surface area contributed by atoms with Crippen molar-refractivity contribution >= 4 is 5.78 Å². The summed E-state index contributed by atoms with van der Waals surface area (Å²) in [4.78, 5) is 11.0. The number of hydrogen-bond donors (Lipinski definition) is 0. The van der Waals surface area contributed by atoms with E-state index in [-0.39, 0.29) is 5.60 Å². The fourth-order valence-corrected chi connectivity index (χ4v) is 1.66. The van der Waals surface area contributed by atoms with Gasteiger partial charge in [-0.2, -0.15) is 0 Å². The van der Waals surface area contributed by atoms with Crippen molar-refractivity contribution in [1.82, 2.24) is 0 Å². The third kappa shape index (κ3) is 3.47. The van der Waals surface area contributed by atoms with Gasteiger partial charge in [0.2, 0.25) is 0 Å². The minimum absolute atomic E-state index is 0.0108. The Balaban J connectivity index is 2.26. The molecule has 0 bridgehead atoms. The van der Waals surface area contributed by atoms with E-state index < -0.39 is 0 Å². The Morgan fingerprint density at radius 3 is 2.54 bits per heavy atom. The largest absolute Gasteiger partial charge is 0.375 e. The summed E-state index contributed by atoms with van der Waals surface area (Å²) >= 11 is 0. The van der Waals surface area contributed by atoms with Gasteiger partial charge in [-0.3, -0.25) is 4.79 Å². The minimum Gasteiger partial charge on any atom is -0.375 e. The first kappa shape index (κ1) is 10.7.